The summed E-state index contributed by atoms with van der Waals surface area (Å²) in [5, 5.41) is 4.61. The van der Waals surface area contributed by atoms with Gasteiger partial charge in [-0.15, -0.1) is 0 Å². The summed E-state index contributed by atoms with van der Waals surface area (Å²) in [5.74, 6) is 1.33. The van der Waals surface area contributed by atoms with E-state index in [0.717, 1.165) is 19.5 Å². The van der Waals surface area contributed by atoms with Crippen LogP contribution in [0.3, 0.4) is 0 Å². The predicted octanol–water partition coefficient (Wildman–Crippen LogP) is 4.90. The lowest BCUT2D eigenvalue weighted by molar-refractivity contribution is 0.276. The van der Waals surface area contributed by atoms with Crippen LogP contribution in [-0.2, 0) is 0 Å². The van der Waals surface area contributed by atoms with Crippen LogP contribution in [-0.4, -0.2) is 19.7 Å². The number of halogens is 3. The largest absolute Gasteiger partial charge is 0.494 e. The molecule has 0 radical (unpaired) electrons. The summed E-state index contributed by atoms with van der Waals surface area (Å²) in [5.41, 5.74) is 1.20. The van der Waals surface area contributed by atoms with E-state index in [2.05, 4.69) is 5.32 Å². The molecule has 0 aromatic heterocycles. The Morgan fingerprint density at radius 2 is 1.83 bits per heavy atom. The minimum absolute atomic E-state index is 0.253. The highest BCUT2D eigenvalue weighted by atomic mass is 35.5. The molecule has 2 aromatic rings. The second-order valence-corrected chi connectivity index (χ2v) is 6.60. The van der Waals surface area contributed by atoms with Gasteiger partial charge in [0.25, 0.3) is 0 Å². The topological polar surface area (TPSA) is 21.3 Å². The highest BCUT2D eigenvalue weighted by molar-refractivity contribution is 6.42. The van der Waals surface area contributed by atoms with E-state index in [1.807, 2.05) is 18.2 Å². The Bertz CT molecular complexity index is 663. The molecule has 1 aliphatic rings. The van der Waals surface area contributed by atoms with Gasteiger partial charge in [0.05, 0.1) is 16.7 Å². The van der Waals surface area contributed by atoms with E-state index < -0.39 is 0 Å². The molecule has 23 heavy (non-hydrogen) atoms. The lowest BCUT2D eigenvalue weighted by Crippen LogP contribution is -2.14. The van der Waals surface area contributed by atoms with Gasteiger partial charge in [0.2, 0.25) is 0 Å². The Morgan fingerprint density at radius 3 is 2.57 bits per heavy atom. The summed E-state index contributed by atoms with van der Waals surface area (Å²) in [7, 11) is 0. The molecule has 122 valence electrons. The number of nitrogens with one attached hydrogen (secondary N) is 1. The monoisotopic (exact) mass is 353 g/mol. The van der Waals surface area contributed by atoms with E-state index in [-0.39, 0.29) is 5.82 Å². The van der Waals surface area contributed by atoms with Crippen LogP contribution < -0.4 is 10.1 Å². The van der Waals surface area contributed by atoms with E-state index in [1.165, 1.54) is 17.7 Å². The zero-order chi connectivity index (χ0) is 16.2. The highest BCUT2D eigenvalue weighted by Crippen LogP contribution is 2.34. The third-order valence-corrected chi connectivity index (χ3v) is 5.02. The smallest absolute Gasteiger partial charge is 0.123 e. The second kappa shape index (κ2) is 7.52. The molecular weight excluding hydrogens is 336 g/mol. The van der Waals surface area contributed by atoms with Crippen molar-refractivity contribution in [2.45, 2.75) is 12.3 Å². The summed E-state index contributed by atoms with van der Waals surface area (Å²) in [6.07, 6.45) is 0.926. The van der Waals surface area contributed by atoms with Crippen LogP contribution in [0.5, 0.6) is 5.75 Å². The molecule has 0 amide bonds. The first-order chi connectivity index (χ1) is 11.1. The van der Waals surface area contributed by atoms with Gasteiger partial charge in [-0.1, -0.05) is 29.3 Å². The van der Waals surface area contributed by atoms with E-state index in [0.29, 0.717) is 34.2 Å². The molecular formula is C18H18Cl2FNO. The van der Waals surface area contributed by atoms with Crippen molar-refractivity contribution in [2.75, 3.05) is 19.7 Å². The van der Waals surface area contributed by atoms with Crippen molar-refractivity contribution < 1.29 is 9.13 Å². The molecule has 2 nitrogen and oxygen atoms in total. The number of hydrogen-bond acceptors (Lipinski definition) is 2. The first-order valence-corrected chi connectivity index (χ1v) is 8.43. The number of benzene rings is 2. The van der Waals surface area contributed by atoms with Crippen LogP contribution in [0, 0.1) is 11.7 Å². The van der Waals surface area contributed by atoms with Gasteiger partial charge in [-0.3, -0.25) is 0 Å². The lowest BCUT2D eigenvalue weighted by Gasteiger charge is -2.19. The normalized spacial score (nSPS) is 20.7. The minimum Gasteiger partial charge on any atom is -0.494 e. The molecule has 2 atom stereocenters. The molecule has 5 heteroatoms. The molecule has 0 saturated carbocycles. The standard InChI is InChI=1S/C18H18Cl2FNO/c19-17-6-1-12(9-18(17)20)16-11-22-10-13(16)7-8-23-15-4-2-14(21)3-5-15/h1-6,9,13,16,22H,7-8,10-11H2. The van der Waals surface area contributed by atoms with E-state index >= 15 is 0 Å². The molecule has 1 saturated heterocycles. The maximum Gasteiger partial charge on any atom is 0.123 e. The van der Waals surface area contributed by atoms with Crippen LogP contribution in [0.15, 0.2) is 42.5 Å². The van der Waals surface area contributed by atoms with E-state index in [9.17, 15) is 4.39 Å². The van der Waals surface area contributed by atoms with Gasteiger partial charge in [-0.2, -0.15) is 0 Å². The second-order valence-electron chi connectivity index (χ2n) is 5.79. The fourth-order valence-electron chi connectivity index (χ4n) is 3.03. The molecule has 1 aliphatic heterocycles. The third kappa shape index (κ3) is 4.17. The molecule has 0 bridgehead atoms. The molecule has 0 aliphatic carbocycles. The summed E-state index contributed by atoms with van der Waals surface area (Å²) in [6, 6.07) is 12.0. The van der Waals surface area contributed by atoms with E-state index in [4.69, 9.17) is 27.9 Å². The molecule has 2 unspecified atom stereocenters. The maximum absolute atomic E-state index is 12.9. The average molecular weight is 354 g/mol. The molecule has 3 rings (SSSR count). The van der Waals surface area contributed by atoms with Crippen molar-refractivity contribution in [3.05, 3.63) is 63.9 Å². The van der Waals surface area contributed by atoms with Gasteiger partial charge >= 0.3 is 0 Å². The summed E-state index contributed by atoms with van der Waals surface area (Å²) in [4.78, 5) is 0. The van der Waals surface area contributed by atoms with Crippen molar-refractivity contribution in [1.82, 2.24) is 5.32 Å². The maximum atomic E-state index is 12.9. The van der Waals surface area contributed by atoms with Crippen molar-refractivity contribution in [3.63, 3.8) is 0 Å². The lowest BCUT2D eigenvalue weighted by atomic mass is 9.87. The van der Waals surface area contributed by atoms with Gasteiger partial charge in [0.1, 0.15) is 11.6 Å². The fraction of sp³-hybridized carbons (Fsp3) is 0.333. The van der Waals surface area contributed by atoms with Crippen LogP contribution >= 0.6 is 23.2 Å². The molecule has 1 heterocycles. The Balaban J connectivity index is 1.58. The zero-order valence-corrected chi connectivity index (χ0v) is 14.1. The Morgan fingerprint density at radius 1 is 1.04 bits per heavy atom. The van der Waals surface area contributed by atoms with Gasteiger partial charge in [-0.05, 0) is 60.8 Å². The molecule has 0 spiro atoms. The third-order valence-electron chi connectivity index (χ3n) is 4.28. The predicted molar refractivity (Wildman–Crippen MR) is 92.1 cm³/mol. The number of ether oxygens (including phenoxy) is 1. The molecule has 1 fully saturated rings. The van der Waals surface area contributed by atoms with Crippen molar-refractivity contribution >= 4 is 23.2 Å². The Hall–Kier alpha value is -1.29. The number of hydrogen-bond donors (Lipinski definition) is 1. The fourth-order valence-corrected chi connectivity index (χ4v) is 3.33. The van der Waals surface area contributed by atoms with E-state index in [1.54, 1.807) is 12.1 Å². The SMILES string of the molecule is Fc1ccc(OCCC2CNCC2c2ccc(Cl)c(Cl)c2)cc1. The highest BCUT2D eigenvalue weighted by Gasteiger charge is 2.28. The first-order valence-electron chi connectivity index (χ1n) is 7.67. The molecule has 1 N–H and O–H groups in total. The van der Waals surface area contributed by atoms with Crippen LogP contribution in [0.2, 0.25) is 10.0 Å². The van der Waals surface area contributed by atoms with Gasteiger partial charge in [0.15, 0.2) is 0 Å². The summed E-state index contributed by atoms with van der Waals surface area (Å²) < 4.78 is 18.6. The Labute approximate surface area is 145 Å². The zero-order valence-electron chi connectivity index (χ0n) is 12.6. The molecule has 2 aromatic carbocycles. The average Bonchev–Trinajstić information content (AvgIpc) is 3.00. The van der Waals surface area contributed by atoms with Crippen LogP contribution in [0.25, 0.3) is 0 Å². The van der Waals surface area contributed by atoms with Gasteiger partial charge < -0.3 is 10.1 Å². The van der Waals surface area contributed by atoms with Crippen LogP contribution in [0.4, 0.5) is 4.39 Å². The first kappa shape index (κ1) is 16.6. The van der Waals surface area contributed by atoms with Crippen molar-refractivity contribution in [2.24, 2.45) is 5.92 Å². The van der Waals surface area contributed by atoms with Crippen LogP contribution in [0.1, 0.15) is 17.9 Å². The Kier molecular flexibility index (Phi) is 5.42. The number of rotatable bonds is 5. The summed E-state index contributed by atoms with van der Waals surface area (Å²) >= 11 is 12.1. The van der Waals surface area contributed by atoms with Gasteiger partial charge in [0, 0.05) is 12.5 Å². The quantitative estimate of drug-likeness (QED) is 0.824. The van der Waals surface area contributed by atoms with Crippen molar-refractivity contribution in [3.8, 4) is 5.75 Å². The summed E-state index contributed by atoms with van der Waals surface area (Å²) in [6.45, 7) is 2.49. The van der Waals surface area contributed by atoms with Gasteiger partial charge in [-0.25, -0.2) is 4.39 Å². The minimum atomic E-state index is -0.253. The van der Waals surface area contributed by atoms with Crippen molar-refractivity contribution in [1.29, 1.82) is 0 Å².